The number of nitrogens with one attached hydrogen (secondary N) is 1. The Kier molecular flexibility index (Phi) is 4.48. The summed E-state index contributed by atoms with van der Waals surface area (Å²) in [7, 11) is 0. The third-order valence-electron chi connectivity index (χ3n) is 4.72. The zero-order chi connectivity index (χ0) is 13.9. The van der Waals surface area contributed by atoms with Gasteiger partial charge < -0.3 is 10.4 Å². The van der Waals surface area contributed by atoms with Gasteiger partial charge in [-0.05, 0) is 43.9 Å². The maximum atomic E-state index is 12.1. The minimum Gasteiger partial charge on any atom is -0.481 e. The first kappa shape index (κ1) is 14.4. The van der Waals surface area contributed by atoms with Crippen molar-refractivity contribution in [1.82, 2.24) is 5.32 Å². The van der Waals surface area contributed by atoms with Gasteiger partial charge in [0.1, 0.15) is 0 Å². The number of carbonyl (C=O) groups is 2. The fraction of sp³-hybridized carbons (Fsp3) is 0.867. The second-order valence-electron chi connectivity index (χ2n) is 6.59. The maximum absolute atomic E-state index is 12.1. The molecule has 0 saturated heterocycles. The smallest absolute Gasteiger partial charge is 0.305 e. The van der Waals surface area contributed by atoms with Crippen molar-refractivity contribution in [2.75, 3.05) is 0 Å². The molecule has 4 nitrogen and oxygen atoms in total. The minimum atomic E-state index is -0.814. The van der Waals surface area contributed by atoms with Crippen molar-refractivity contribution in [2.45, 2.75) is 70.3 Å². The van der Waals surface area contributed by atoms with Crippen molar-refractivity contribution < 1.29 is 14.7 Å². The van der Waals surface area contributed by atoms with Crippen LogP contribution in [0.25, 0.3) is 0 Å². The van der Waals surface area contributed by atoms with Crippen molar-refractivity contribution in [3.63, 3.8) is 0 Å². The second-order valence-corrected chi connectivity index (χ2v) is 6.59. The third-order valence-corrected chi connectivity index (χ3v) is 4.72. The van der Waals surface area contributed by atoms with E-state index in [2.05, 4.69) is 12.2 Å². The fourth-order valence-corrected chi connectivity index (χ4v) is 3.59. The highest BCUT2D eigenvalue weighted by molar-refractivity contribution is 5.78. The summed E-state index contributed by atoms with van der Waals surface area (Å²) in [6.07, 6.45) is 8.07. The predicted molar refractivity (Wildman–Crippen MR) is 72.7 cm³/mol. The largest absolute Gasteiger partial charge is 0.481 e. The lowest BCUT2D eigenvalue weighted by Gasteiger charge is -2.42. The molecule has 19 heavy (non-hydrogen) atoms. The molecule has 0 heterocycles. The molecule has 1 amide bonds. The zero-order valence-electron chi connectivity index (χ0n) is 11.8. The highest BCUT2D eigenvalue weighted by atomic mass is 16.4. The highest BCUT2D eigenvalue weighted by Gasteiger charge is 2.40. The van der Waals surface area contributed by atoms with Gasteiger partial charge in [-0.3, -0.25) is 9.59 Å². The minimum absolute atomic E-state index is 0.0556. The van der Waals surface area contributed by atoms with E-state index in [1.54, 1.807) is 0 Å². The number of carboxylic acids is 1. The van der Waals surface area contributed by atoms with E-state index in [9.17, 15) is 9.59 Å². The van der Waals surface area contributed by atoms with E-state index in [4.69, 9.17) is 5.11 Å². The van der Waals surface area contributed by atoms with Gasteiger partial charge in [-0.15, -0.1) is 0 Å². The van der Waals surface area contributed by atoms with Crippen LogP contribution in [0.1, 0.15) is 64.7 Å². The summed E-state index contributed by atoms with van der Waals surface area (Å²) in [6.45, 7) is 2.25. The zero-order valence-corrected chi connectivity index (χ0v) is 11.8. The lowest BCUT2D eigenvalue weighted by molar-refractivity contribution is -0.140. The fourth-order valence-electron chi connectivity index (χ4n) is 3.59. The van der Waals surface area contributed by atoms with Crippen LogP contribution in [0.3, 0.4) is 0 Å². The molecule has 0 aromatic rings. The van der Waals surface area contributed by atoms with Crippen LogP contribution in [0.5, 0.6) is 0 Å². The average Bonchev–Trinajstić information content (AvgIpc) is 2.25. The van der Waals surface area contributed by atoms with Crippen LogP contribution in [0.15, 0.2) is 0 Å². The number of hydrogen-bond acceptors (Lipinski definition) is 2. The molecule has 108 valence electrons. The Hall–Kier alpha value is -1.06. The van der Waals surface area contributed by atoms with E-state index < -0.39 is 11.5 Å². The van der Waals surface area contributed by atoms with E-state index in [1.807, 2.05) is 0 Å². The first-order valence-corrected chi connectivity index (χ1v) is 7.52. The molecule has 2 aliphatic rings. The van der Waals surface area contributed by atoms with Gasteiger partial charge >= 0.3 is 5.97 Å². The van der Waals surface area contributed by atoms with E-state index in [0.717, 1.165) is 38.0 Å². The molecule has 2 rings (SSSR count). The van der Waals surface area contributed by atoms with E-state index in [-0.39, 0.29) is 12.3 Å². The molecule has 2 fully saturated rings. The number of amides is 1. The molecule has 2 N–H and O–H groups in total. The Morgan fingerprint density at radius 2 is 2.00 bits per heavy atom. The Labute approximate surface area is 115 Å². The van der Waals surface area contributed by atoms with Crippen LogP contribution < -0.4 is 5.32 Å². The predicted octanol–water partition coefficient (Wildman–Crippen LogP) is 2.72. The van der Waals surface area contributed by atoms with E-state index in [0.29, 0.717) is 12.3 Å². The molecule has 0 aromatic heterocycles. The van der Waals surface area contributed by atoms with Gasteiger partial charge in [0.15, 0.2) is 0 Å². The van der Waals surface area contributed by atoms with Crippen LogP contribution >= 0.6 is 0 Å². The first-order chi connectivity index (χ1) is 8.99. The molecule has 0 aromatic carbocycles. The van der Waals surface area contributed by atoms with Crippen molar-refractivity contribution in [3.05, 3.63) is 0 Å². The summed E-state index contributed by atoms with van der Waals surface area (Å²) in [5.74, 6) is 0.459. The molecule has 0 bridgehead atoms. The molecule has 2 aliphatic carbocycles. The molecule has 0 spiro atoms. The monoisotopic (exact) mass is 267 g/mol. The first-order valence-electron chi connectivity index (χ1n) is 7.52. The number of carbonyl (C=O) groups excluding carboxylic acids is 1. The molecule has 0 aliphatic heterocycles. The average molecular weight is 267 g/mol. The Balaban J connectivity index is 1.81. The van der Waals surface area contributed by atoms with Gasteiger partial charge in [-0.1, -0.05) is 19.8 Å². The van der Waals surface area contributed by atoms with Crippen molar-refractivity contribution in [1.29, 1.82) is 0 Å². The van der Waals surface area contributed by atoms with Crippen molar-refractivity contribution in [3.8, 4) is 0 Å². The third kappa shape index (κ3) is 3.95. The summed E-state index contributed by atoms with van der Waals surface area (Å²) < 4.78 is 0. The maximum Gasteiger partial charge on any atom is 0.305 e. The van der Waals surface area contributed by atoms with Crippen molar-refractivity contribution in [2.24, 2.45) is 11.8 Å². The van der Waals surface area contributed by atoms with Crippen LogP contribution in [-0.4, -0.2) is 22.5 Å². The lowest BCUT2D eigenvalue weighted by atomic mass is 9.74. The molecule has 2 atom stereocenters. The molecule has 4 heteroatoms. The van der Waals surface area contributed by atoms with Gasteiger partial charge in [-0.25, -0.2) is 0 Å². The SMILES string of the molecule is CC1CCCC(CC(=O)NC2(CC(=O)O)CCC2)C1. The summed E-state index contributed by atoms with van der Waals surface area (Å²) in [5, 5.41) is 11.9. The Morgan fingerprint density at radius 1 is 1.26 bits per heavy atom. The van der Waals surface area contributed by atoms with Gasteiger partial charge in [-0.2, -0.15) is 0 Å². The highest BCUT2D eigenvalue weighted by Crippen LogP contribution is 2.36. The number of rotatable bonds is 5. The summed E-state index contributed by atoms with van der Waals surface area (Å²) in [4.78, 5) is 23.0. The van der Waals surface area contributed by atoms with E-state index in [1.165, 1.54) is 12.8 Å². The normalized spacial score (nSPS) is 29.3. The van der Waals surface area contributed by atoms with Gasteiger partial charge in [0, 0.05) is 6.42 Å². The Bertz CT molecular complexity index is 349. The van der Waals surface area contributed by atoms with Crippen LogP contribution in [-0.2, 0) is 9.59 Å². The molecule has 2 unspecified atom stereocenters. The molecule has 0 radical (unpaired) electrons. The van der Waals surface area contributed by atoms with Crippen LogP contribution in [0, 0.1) is 11.8 Å². The van der Waals surface area contributed by atoms with Gasteiger partial charge in [0.25, 0.3) is 0 Å². The molecule has 2 saturated carbocycles. The number of hydrogen-bond donors (Lipinski definition) is 2. The molecular formula is C15H25NO3. The molecular weight excluding hydrogens is 242 g/mol. The van der Waals surface area contributed by atoms with Gasteiger partial charge in [0.05, 0.1) is 12.0 Å². The van der Waals surface area contributed by atoms with Crippen LogP contribution in [0.2, 0.25) is 0 Å². The summed E-state index contributed by atoms with van der Waals surface area (Å²) in [5.41, 5.74) is -0.441. The van der Waals surface area contributed by atoms with E-state index >= 15 is 0 Å². The number of aliphatic carboxylic acids is 1. The topological polar surface area (TPSA) is 66.4 Å². The lowest BCUT2D eigenvalue weighted by Crippen LogP contribution is -2.55. The van der Waals surface area contributed by atoms with Crippen LogP contribution in [0.4, 0.5) is 0 Å². The standard InChI is InChI=1S/C15H25NO3/c1-11-4-2-5-12(8-11)9-13(17)16-15(6-3-7-15)10-14(18)19/h11-12H,2-10H2,1H3,(H,16,17)(H,18,19). The Morgan fingerprint density at radius 3 is 2.53 bits per heavy atom. The van der Waals surface area contributed by atoms with Crippen molar-refractivity contribution >= 4 is 11.9 Å². The second kappa shape index (κ2) is 5.93. The quantitative estimate of drug-likeness (QED) is 0.805. The number of carboxylic acid groups (broad SMARTS) is 1. The van der Waals surface area contributed by atoms with Gasteiger partial charge in [0.2, 0.25) is 5.91 Å². The summed E-state index contributed by atoms with van der Waals surface area (Å²) >= 11 is 0. The summed E-state index contributed by atoms with van der Waals surface area (Å²) in [6, 6.07) is 0.